The summed E-state index contributed by atoms with van der Waals surface area (Å²) < 4.78 is 6.98. The first kappa shape index (κ1) is 16.0. The van der Waals surface area contributed by atoms with Crippen molar-refractivity contribution in [3.8, 4) is 11.5 Å². The van der Waals surface area contributed by atoms with Crippen molar-refractivity contribution in [1.82, 2.24) is 4.57 Å². The van der Waals surface area contributed by atoms with Gasteiger partial charge in [0.1, 0.15) is 23.2 Å². The number of aromatic nitrogens is 1. The molecule has 2 N–H and O–H groups in total. The molecule has 0 radical (unpaired) electrons. The van der Waals surface area contributed by atoms with E-state index < -0.39 is 28.2 Å². The van der Waals surface area contributed by atoms with Crippen LogP contribution in [0.15, 0.2) is 41.3 Å². The monoisotopic (exact) mass is 332 g/mol. The largest absolute Gasteiger partial charge is 0.508 e. The third-order valence-electron chi connectivity index (χ3n) is 4.14. The number of nitrogens with zero attached hydrogens (tertiary/aromatic N) is 2. The second-order valence-electron chi connectivity index (χ2n) is 6.20. The highest BCUT2D eigenvalue weighted by atomic mass is 16.6. The summed E-state index contributed by atoms with van der Waals surface area (Å²) >= 11 is 0. The first-order chi connectivity index (χ1) is 11.2. The summed E-state index contributed by atoms with van der Waals surface area (Å²) in [4.78, 5) is 22.7. The number of aliphatic hydroxyl groups excluding tert-OH is 1. The second kappa shape index (κ2) is 5.34. The van der Waals surface area contributed by atoms with Crippen LogP contribution in [0.3, 0.4) is 0 Å². The molecule has 2 heterocycles. The first-order valence-corrected chi connectivity index (χ1v) is 7.27. The van der Waals surface area contributed by atoms with E-state index in [1.54, 1.807) is 13.8 Å². The number of pyridine rings is 1. The minimum absolute atomic E-state index is 0.166. The van der Waals surface area contributed by atoms with Crippen molar-refractivity contribution in [1.29, 1.82) is 0 Å². The number of fused-ring (bicyclic) bond motifs is 1. The molecule has 2 aromatic rings. The molecule has 8 heteroatoms. The van der Waals surface area contributed by atoms with Crippen molar-refractivity contribution in [3.05, 3.63) is 62.6 Å². The molecular weight excluding hydrogens is 316 g/mol. The van der Waals surface area contributed by atoms with Gasteiger partial charge in [-0.05, 0) is 26.0 Å². The van der Waals surface area contributed by atoms with E-state index >= 15 is 0 Å². The van der Waals surface area contributed by atoms with Crippen LogP contribution in [-0.2, 0) is 0 Å². The first-order valence-electron chi connectivity index (χ1n) is 7.27. The average Bonchev–Trinajstić information content (AvgIpc) is 2.49. The molecule has 126 valence electrons. The van der Waals surface area contributed by atoms with Gasteiger partial charge in [0, 0.05) is 30.0 Å². The zero-order valence-electron chi connectivity index (χ0n) is 13.0. The Morgan fingerprint density at radius 1 is 1.29 bits per heavy atom. The Hall–Kier alpha value is -2.87. The molecule has 3 rings (SSSR count). The number of nitro benzene ring substituents is 1. The van der Waals surface area contributed by atoms with Gasteiger partial charge in [0.25, 0.3) is 11.2 Å². The molecule has 24 heavy (non-hydrogen) atoms. The van der Waals surface area contributed by atoms with Crippen molar-refractivity contribution >= 4 is 5.69 Å². The van der Waals surface area contributed by atoms with E-state index in [-0.39, 0.29) is 11.4 Å². The zero-order chi connectivity index (χ0) is 17.6. The molecule has 1 aliphatic heterocycles. The van der Waals surface area contributed by atoms with Crippen LogP contribution in [0.1, 0.15) is 25.5 Å². The van der Waals surface area contributed by atoms with Gasteiger partial charge >= 0.3 is 0 Å². The fourth-order valence-electron chi connectivity index (χ4n) is 2.88. The lowest BCUT2D eigenvalue weighted by Crippen LogP contribution is -2.52. The number of ether oxygens (including phenoxy) is 1. The van der Waals surface area contributed by atoms with Crippen LogP contribution in [0.2, 0.25) is 0 Å². The summed E-state index contributed by atoms with van der Waals surface area (Å²) in [6, 6.07) is 5.51. The highest BCUT2D eigenvalue weighted by molar-refractivity contribution is 5.48. The minimum atomic E-state index is -1.13. The lowest BCUT2D eigenvalue weighted by molar-refractivity contribution is -0.385. The average molecular weight is 332 g/mol. The topological polar surface area (TPSA) is 115 Å². The fraction of sp³-hybridized carbons (Fsp3) is 0.312. The van der Waals surface area contributed by atoms with Gasteiger partial charge in [-0.25, -0.2) is 0 Å². The Labute approximate surface area is 136 Å². The molecule has 0 saturated heterocycles. The van der Waals surface area contributed by atoms with Gasteiger partial charge in [0.05, 0.1) is 11.0 Å². The van der Waals surface area contributed by atoms with Crippen molar-refractivity contribution < 1.29 is 19.9 Å². The highest BCUT2D eigenvalue weighted by Gasteiger charge is 2.44. The molecule has 1 aliphatic rings. The van der Waals surface area contributed by atoms with Crippen LogP contribution in [0.4, 0.5) is 5.69 Å². The third-order valence-corrected chi connectivity index (χ3v) is 4.14. The molecular formula is C16H16N2O6. The summed E-state index contributed by atoms with van der Waals surface area (Å²) in [6.45, 7) is 3.33. The predicted octanol–water partition coefficient (Wildman–Crippen LogP) is 1.58. The molecule has 0 aliphatic carbocycles. The molecule has 0 fully saturated rings. The Balaban J connectivity index is 2.25. The van der Waals surface area contributed by atoms with Gasteiger partial charge in [-0.3, -0.25) is 14.9 Å². The summed E-state index contributed by atoms with van der Waals surface area (Å²) in [5.74, 6) is 0.164. The molecule has 1 aromatic heterocycles. The SMILES string of the molecule is CC1(C)Oc2ccc([N+](=O)[O-])cc2C(n2ccc(O)cc2=O)C1O. The van der Waals surface area contributed by atoms with E-state index in [1.165, 1.54) is 35.0 Å². The maximum atomic E-state index is 12.2. The van der Waals surface area contributed by atoms with Gasteiger partial charge in [-0.15, -0.1) is 0 Å². The van der Waals surface area contributed by atoms with Crippen LogP contribution < -0.4 is 10.3 Å². The number of nitro groups is 1. The quantitative estimate of drug-likeness (QED) is 0.637. The summed E-state index contributed by atoms with van der Waals surface area (Å²) in [5, 5.41) is 31.2. The highest BCUT2D eigenvalue weighted by Crippen LogP contribution is 2.42. The number of aromatic hydroxyl groups is 1. The van der Waals surface area contributed by atoms with Gasteiger partial charge in [0.15, 0.2) is 0 Å². The molecule has 0 spiro atoms. The molecule has 0 amide bonds. The van der Waals surface area contributed by atoms with Crippen LogP contribution in [0.25, 0.3) is 0 Å². The fourth-order valence-corrected chi connectivity index (χ4v) is 2.88. The Bertz CT molecular complexity index is 873. The predicted molar refractivity (Wildman–Crippen MR) is 84.3 cm³/mol. The smallest absolute Gasteiger partial charge is 0.270 e. The van der Waals surface area contributed by atoms with E-state index in [2.05, 4.69) is 0 Å². The molecule has 2 unspecified atom stereocenters. The van der Waals surface area contributed by atoms with Gasteiger partial charge in [-0.2, -0.15) is 0 Å². The van der Waals surface area contributed by atoms with Crippen LogP contribution >= 0.6 is 0 Å². The molecule has 1 aromatic carbocycles. The molecule has 8 nitrogen and oxygen atoms in total. The van der Waals surface area contributed by atoms with Crippen LogP contribution in [0.5, 0.6) is 11.5 Å². The Morgan fingerprint density at radius 2 is 2.00 bits per heavy atom. The van der Waals surface area contributed by atoms with Crippen LogP contribution in [-0.4, -0.2) is 31.4 Å². The van der Waals surface area contributed by atoms with Gasteiger partial charge < -0.3 is 19.5 Å². The van der Waals surface area contributed by atoms with E-state index in [4.69, 9.17) is 4.74 Å². The number of rotatable bonds is 2. The van der Waals surface area contributed by atoms with E-state index in [0.29, 0.717) is 11.3 Å². The second-order valence-corrected chi connectivity index (χ2v) is 6.20. The lowest BCUT2D eigenvalue weighted by Gasteiger charge is -2.42. The molecule has 0 bridgehead atoms. The van der Waals surface area contributed by atoms with Crippen molar-refractivity contribution in [3.63, 3.8) is 0 Å². The summed E-state index contributed by atoms with van der Waals surface area (Å²) in [6.07, 6.45) is 0.212. The van der Waals surface area contributed by atoms with E-state index in [9.17, 15) is 25.1 Å². The number of hydrogen-bond donors (Lipinski definition) is 2. The molecule has 2 atom stereocenters. The third kappa shape index (κ3) is 2.50. The van der Waals surface area contributed by atoms with Crippen LogP contribution in [0, 0.1) is 10.1 Å². The van der Waals surface area contributed by atoms with Crippen molar-refractivity contribution in [2.24, 2.45) is 0 Å². The van der Waals surface area contributed by atoms with E-state index in [0.717, 1.165) is 6.07 Å². The standard InChI is InChI=1S/C16H16N2O6/c1-16(2)15(21)14(17-6-5-10(19)8-13(17)20)11-7-9(18(22)23)3-4-12(11)24-16/h3-8,14-15,19,21H,1-2H3. The number of benzene rings is 1. The van der Waals surface area contributed by atoms with Crippen molar-refractivity contribution in [2.75, 3.05) is 0 Å². The Morgan fingerprint density at radius 3 is 2.62 bits per heavy atom. The van der Waals surface area contributed by atoms with Gasteiger partial charge in [-0.1, -0.05) is 0 Å². The maximum Gasteiger partial charge on any atom is 0.270 e. The number of hydrogen-bond acceptors (Lipinski definition) is 6. The van der Waals surface area contributed by atoms with Gasteiger partial charge in [0.2, 0.25) is 0 Å². The summed E-state index contributed by atoms with van der Waals surface area (Å²) in [5.41, 5.74) is -1.37. The Kier molecular flexibility index (Phi) is 3.56. The van der Waals surface area contributed by atoms with E-state index in [1.807, 2.05) is 0 Å². The lowest BCUT2D eigenvalue weighted by atomic mass is 9.86. The summed E-state index contributed by atoms with van der Waals surface area (Å²) in [7, 11) is 0. The minimum Gasteiger partial charge on any atom is -0.508 e. The zero-order valence-corrected chi connectivity index (χ0v) is 13.0. The maximum absolute atomic E-state index is 12.2. The molecule has 0 saturated carbocycles. The van der Waals surface area contributed by atoms with Crippen molar-refractivity contribution in [2.45, 2.75) is 31.6 Å². The number of non-ortho nitro benzene ring substituents is 1. The number of aliphatic hydroxyl groups is 1. The normalized spacial score (nSPS) is 21.6.